The van der Waals surface area contributed by atoms with E-state index in [-0.39, 0.29) is 17.5 Å². The Hall–Kier alpha value is -2.00. The van der Waals surface area contributed by atoms with Crippen LogP contribution in [0.5, 0.6) is 0 Å². The van der Waals surface area contributed by atoms with Crippen molar-refractivity contribution in [1.82, 2.24) is 19.2 Å². The van der Waals surface area contributed by atoms with Crippen LogP contribution in [0.15, 0.2) is 48.5 Å². The lowest BCUT2D eigenvalue weighted by atomic mass is 10.2. The maximum atomic E-state index is 12.1. The highest BCUT2D eigenvalue weighted by Crippen LogP contribution is 2.26. The fraction of sp³-hybridized carbons (Fsp3) is 0.391. The molecule has 2 heterocycles. The minimum Gasteiger partial charge on any atom is -0.280 e. The van der Waals surface area contributed by atoms with E-state index in [2.05, 4.69) is 17.9 Å². The van der Waals surface area contributed by atoms with Crippen LogP contribution in [0.25, 0.3) is 17.1 Å². The molecule has 170 valence electrons. The first-order valence-corrected chi connectivity index (χ1v) is 13.4. The second kappa shape index (κ2) is 9.47. The van der Waals surface area contributed by atoms with Crippen LogP contribution in [-0.4, -0.2) is 51.8 Å². The lowest BCUT2D eigenvalue weighted by Gasteiger charge is -2.27. The maximum absolute atomic E-state index is 12.1. The van der Waals surface area contributed by atoms with Gasteiger partial charge in [0.2, 0.25) is 4.77 Å². The zero-order valence-corrected chi connectivity index (χ0v) is 20.6. The number of hydrogen-bond acceptors (Lipinski definition) is 5. The van der Waals surface area contributed by atoms with E-state index in [1.807, 2.05) is 58.6 Å². The molecule has 0 radical (unpaired) electrons. The molecule has 4 rings (SSSR count). The molecule has 6 nitrogen and oxygen atoms in total. The molecule has 0 spiro atoms. The number of benzene rings is 2. The Balaban J connectivity index is 1.78. The van der Waals surface area contributed by atoms with Crippen molar-refractivity contribution in [1.29, 1.82) is 0 Å². The molecule has 9 heteroatoms. The zero-order chi connectivity index (χ0) is 22.9. The molecule has 0 aliphatic carbocycles. The Morgan fingerprint density at radius 2 is 1.97 bits per heavy atom. The molecule has 0 N–H and O–H groups in total. The van der Waals surface area contributed by atoms with Gasteiger partial charge in [-0.1, -0.05) is 30.7 Å². The lowest BCUT2D eigenvalue weighted by Crippen LogP contribution is -2.38. The van der Waals surface area contributed by atoms with E-state index < -0.39 is 9.84 Å². The summed E-state index contributed by atoms with van der Waals surface area (Å²) >= 11 is 12.0. The molecule has 0 bridgehead atoms. The molecule has 0 saturated carbocycles. The van der Waals surface area contributed by atoms with Crippen molar-refractivity contribution in [2.75, 3.05) is 18.1 Å². The van der Waals surface area contributed by atoms with Crippen molar-refractivity contribution >= 4 is 33.7 Å². The van der Waals surface area contributed by atoms with Gasteiger partial charge in [-0.05, 0) is 80.5 Å². The average Bonchev–Trinajstić information content (AvgIpc) is 3.27. The molecule has 1 aliphatic rings. The van der Waals surface area contributed by atoms with E-state index in [1.54, 1.807) is 0 Å². The van der Waals surface area contributed by atoms with Crippen LogP contribution in [0.2, 0.25) is 5.02 Å². The summed E-state index contributed by atoms with van der Waals surface area (Å²) in [6, 6.07) is 15.7. The molecule has 0 unspecified atom stereocenters. The Bertz CT molecular complexity index is 1270. The number of aryl methyl sites for hydroxylation is 1. The summed E-state index contributed by atoms with van der Waals surface area (Å²) in [5.41, 5.74) is 2.98. The molecule has 1 aliphatic heterocycles. The van der Waals surface area contributed by atoms with Gasteiger partial charge in [0.05, 0.1) is 23.9 Å². The predicted molar refractivity (Wildman–Crippen MR) is 132 cm³/mol. The van der Waals surface area contributed by atoms with Gasteiger partial charge in [0.1, 0.15) is 0 Å². The highest BCUT2D eigenvalue weighted by molar-refractivity contribution is 7.91. The van der Waals surface area contributed by atoms with Crippen LogP contribution in [0.4, 0.5) is 0 Å². The molecule has 0 amide bonds. The fourth-order valence-corrected chi connectivity index (χ4v) is 6.35. The third kappa shape index (κ3) is 4.98. The van der Waals surface area contributed by atoms with Crippen LogP contribution in [-0.2, 0) is 16.5 Å². The van der Waals surface area contributed by atoms with Crippen LogP contribution in [0, 0.1) is 11.7 Å². The van der Waals surface area contributed by atoms with Gasteiger partial charge in [0.15, 0.2) is 15.7 Å². The van der Waals surface area contributed by atoms with Gasteiger partial charge < -0.3 is 0 Å². The molecule has 1 saturated heterocycles. The zero-order valence-electron chi connectivity index (χ0n) is 18.2. The topological polar surface area (TPSA) is 60.1 Å². The third-order valence-corrected chi connectivity index (χ3v) is 8.15. The summed E-state index contributed by atoms with van der Waals surface area (Å²) in [6.45, 7) is 5.38. The van der Waals surface area contributed by atoms with Gasteiger partial charge >= 0.3 is 0 Å². The Morgan fingerprint density at radius 3 is 2.59 bits per heavy atom. The number of sulfone groups is 1. The van der Waals surface area contributed by atoms with E-state index in [0.29, 0.717) is 22.9 Å². The number of rotatable bonds is 7. The van der Waals surface area contributed by atoms with Crippen molar-refractivity contribution in [3.05, 3.63) is 63.9 Å². The van der Waals surface area contributed by atoms with Gasteiger partial charge in [-0.3, -0.25) is 9.47 Å². The molecule has 1 fully saturated rings. The Labute approximate surface area is 199 Å². The molecular formula is C23H27ClN4O2S2. The van der Waals surface area contributed by atoms with E-state index in [0.717, 1.165) is 35.6 Å². The third-order valence-electron chi connectivity index (χ3n) is 5.75. The number of nitrogens with zero attached hydrogens (tertiary/aromatic N) is 4. The molecular weight excluding hydrogens is 464 g/mol. The van der Waals surface area contributed by atoms with Gasteiger partial charge in [-0.25, -0.2) is 13.1 Å². The summed E-state index contributed by atoms with van der Waals surface area (Å²) in [7, 11) is -2.97. The minimum atomic E-state index is -2.97. The van der Waals surface area contributed by atoms with E-state index >= 15 is 0 Å². The first-order chi connectivity index (χ1) is 15.3. The number of halogens is 1. The molecule has 1 atom stereocenters. The van der Waals surface area contributed by atoms with Gasteiger partial charge in [0.25, 0.3) is 0 Å². The smallest absolute Gasteiger partial charge is 0.204 e. The fourth-order valence-electron chi connectivity index (χ4n) is 4.18. The summed E-state index contributed by atoms with van der Waals surface area (Å²) in [5, 5.41) is 5.54. The van der Waals surface area contributed by atoms with Crippen molar-refractivity contribution in [3.8, 4) is 17.1 Å². The minimum absolute atomic E-state index is 0.00930. The second-order valence-corrected chi connectivity index (χ2v) is 11.3. The second-order valence-electron chi connectivity index (χ2n) is 8.30. The summed E-state index contributed by atoms with van der Waals surface area (Å²) < 4.78 is 28.5. The first kappa shape index (κ1) is 23.2. The normalized spacial score (nSPS) is 17.8. The van der Waals surface area contributed by atoms with Gasteiger partial charge in [0, 0.05) is 16.6 Å². The number of hydrogen-bond donors (Lipinski definition) is 0. The SMILES string of the molecule is CCCN(Cn1nc(-c2ccc(Cl)cc2)n(-c2cccc(C)c2)c1=S)[C@@H]1CCS(=O)(=O)C1. The molecule has 1 aromatic heterocycles. The summed E-state index contributed by atoms with van der Waals surface area (Å²) in [6.07, 6.45) is 1.57. The predicted octanol–water partition coefficient (Wildman–Crippen LogP) is 4.89. The Morgan fingerprint density at radius 1 is 1.22 bits per heavy atom. The molecule has 3 aromatic rings. The van der Waals surface area contributed by atoms with E-state index in [9.17, 15) is 8.42 Å². The van der Waals surface area contributed by atoms with Crippen molar-refractivity contribution in [2.24, 2.45) is 0 Å². The monoisotopic (exact) mass is 490 g/mol. The van der Waals surface area contributed by atoms with Crippen LogP contribution in [0.1, 0.15) is 25.3 Å². The summed E-state index contributed by atoms with van der Waals surface area (Å²) in [5.74, 6) is 1.17. The standard InChI is InChI=1S/C23H27ClN4O2S2/c1-3-12-26(21-11-13-32(29,30)15-21)16-27-23(31)28(20-6-4-5-17(2)14-20)22(25-27)18-7-9-19(24)10-8-18/h4-10,14,21H,3,11-13,15-16H2,1-2H3/t21-/m1/s1. The highest BCUT2D eigenvalue weighted by Gasteiger charge is 2.32. The van der Waals surface area contributed by atoms with Crippen LogP contribution >= 0.6 is 23.8 Å². The van der Waals surface area contributed by atoms with Crippen molar-refractivity contribution in [2.45, 2.75) is 39.4 Å². The number of aromatic nitrogens is 3. The lowest BCUT2D eigenvalue weighted by molar-refractivity contribution is 0.155. The van der Waals surface area contributed by atoms with Crippen molar-refractivity contribution < 1.29 is 8.42 Å². The largest absolute Gasteiger partial charge is 0.280 e. The van der Waals surface area contributed by atoms with Crippen molar-refractivity contribution in [3.63, 3.8) is 0 Å². The average molecular weight is 491 g/mol. The molecule has 2 aromatic carbocycles. The molecule has 32 heavy (non-hydrogen) atoms. The first-order valence-electron chi connectivity index (χ1n) is 10.7. The van der Waals surface area contributed by atoms with Gasteiger partial charge in [-0.15, -0.1) is 5.10 Å². The maximum Gasteiger partial charge on any atom is 0.204 e. The van der Waals surface area contributed by atoms with Gasteiger partial charge in [-0.2, -0.15) is 0 Å². The van der Waals surface area contributed by atoms with Crippen LogP contribution < -0.4 is 0 Å². The van der Waals surface area contributed by atoms with E-state index in [4.69, 9.17) is 28.9 Å². The highest BCUT2D eigenvalue weighted by atomic mass is 35.5. The van der Waals surface area contributed by atoms with Crippen LogP contribution in [0.3, 0.4) is 0 Å². The summed E-state index contributed by atoms with van der Waals surface area (Å²) in [4.78, 5) is 2.19. The quantitative estimate of drug-likeness (QED) is 0.441. The van der Waals surface area contributed by atoms with E-state index in [1.165, 1.54) is 0 Å². The Kier molecular flexibility index (Phi) is 6.86.